The first kappa shape index (κ1) is 9.74. The molecule has 2 aromatic heterocycles. The van der Waals surface area contributed by atoms with E-state index in [2.05, 4.69) is 15.1 Å². The molecule has 2 N–H and O–H groups in total. The molecule has 5 nitrogen and oxygen atoms in total. The van der Waals surface area contributed by atoms with E-state index in [-0.39, 0.29) is 0 Å². The second-order valence-corrected chi connectivity index (χ2v) is 4.32. The Morgan fingerprint density at radius 2 is 2.25 bits per heavy atom. The smallest absolute Gasteiger partial charge is 0.247 e. The Labute approximate surface area is 96.6 Å². The average Bonchev–Trinajstić information content (AvgIpc) is 2.84. The molecule has 0 aliphatic heterocycles. The highest BCUT2D eigenvalue weighted by Gasteiger charge is 2.45. The van der Waals surface area contributed by atoms with E-state index in [1.54, 1.807) is 18.3 Å². The Kier molecular flexibility index (Phi) is 1.99. The normalized spacial score (nSPS) is 17.4. The molecule has 0 radical (unpaired) electrons. The molecule has 6 heteroatoms. The molecule has 0 unspecified atom stereocenters. The maximum absolute atomic E-state index is 5.98. The van der Waals surface area contributed by atoms with E-state index < -0.39 is 5.54 Å². The van der Waals surface area contributed by atoms with Gasteiger partial charge >= 0.3 is 0 Å². The van der Waals surface area contributed by atoms with Crippen molar-refractivity contribution in [3.63, 3.8) is 0 Å². The molecule has 0 atom stereocenters. The number of nitrogens with zero attached hydrogens (tertiary/aromatic N) is 3. The van der Waals surface area contributed by atoms with Crippen LogP contribution in [0.15, 0.2) is 22.9 Å². The van der Waals surface area contributed by atoms with Crippen molar-refractivity contribution in [2.45, 2.75) is 18.4 Å². The predicted molar refractivity (Wildman–Crippen MR) is 57.6 cm³/mol. The molecular formula is C10H9ClN4O. The Hall–Kier alpha value is -1.46. The summed E-state index contributed by atoms with van der Waals surface area (Å²) in [5.41, 5.74) is 6.04. The largest absolute Gasteiger partial charge is 0.337 e. The molecule has 0 bridgehead atoms. The summed E-state index contributed by atoms with van der Waals surface area (Å²) < 4.78 is 5.12. The summed E-state index contributed by atoms with van der Waals surface area (Å²) >= 11 is 5.98. The Balaban J connectivity index is 2.02. The van der Waals surface area contributed by atoms with Crippen LogP contribution in [0, 0.1) is 0 Å². The fourth-order valence-corrected chi connectivity index (χ4v) is 1.63. The molecule has 2 heterocycles. The van der Waals surface area contributed by atoms with Crippen LogP contribution in [-0.2, 0) is 5.54 Å². The summed E-state index contributed by atoms with van der Waals surface area (Å²) in [6, 6.07) is 3.48. The van der Waals surface area contributed by atoms with Gasteiger partial charge in [-0.05, 0) is 25.0 Å². The van der Waals surface area contributed by atoms with Gasteiger partial charge in [0.1, 0.15) is 5.69 Å². The predicted octanol–water partition coefficient (Wildman–Crippen LogP) is 1.73. The van der Waals surface area contributed by atoms with Crippen LogP contribution < -0.4 is 5.73 Å². The zero-order valence-corrected chi connectivity index (χ0v) is 9.11. The summed E-state index contributed by atoms with van der Waals surface area (Å²) in [7, 11) is 0. The van der Waals surface area contributed by atoms with Gasteiger partial charge in [0.05, 0.1) is 10.6 Å². The van der Waals surface area contributed by atoms with E-state index in [0.717, 1.165) is 12.8 Å². The van der Waals surface area contributed by atoms with Gasteiger partial charge in [0, 0.05) is 6.20 Å². The van der Waals surface area contributed by atoms with Gasteiger partial charge in [-0.2, -0.15) is 4.98 Å². The molecule has 82 valence electrons. The molecule has 1 saturated carbocycles. The number of nitrogens with two attached hydrogens (primary N) is 1. The van der Waals surface area contributed by atoms with Gasteiger partial charge in [0.15, 0.2) is 0 Å². The van der Waals surface area contributed by atoms with E-state index in [1.165, 1.54) is 0 Å². The van der Waals surface area contributed by atoms with E-state index >= 15 is 0 Å². The van der Waals surface area contributed by atoms with Gasteiger partial charge in [0.25, 0.3) is 0 Å². The van der Waals surface area contributed by atoms with Gasteiger partial charge in [0.2, 0.25) is 11.7 Å². The summed E-state index contributed by atoms with van der Waals surface area (Å²) in [5.74, 6) is 0.849. The Bertz CT molecular complexity index is 535. The zero-order valence-electron chi connectivity index (χ0n) is 8.35. The number of halogens is 1. The van der Waals surface area contributed by atoms with E-state index in [0.29, 0.717) is 22.4 Å². The number of hydrogen-bond donors (Lipinski definition) is 1. The first-order chi connectivity index (χ1) is 7.69. The SMILES string of the molecule is NC1(c2nc(-c3ncccc3Cl)no2)CC1. The number of pyridine rings is 1. The van der Waals surface area contributed by atoms with Gasteiger partial charge in [-0.3, -0.25) is 4.98 Å². The molecule has 0 amide bonds. The summed E-state index contributed by atoms with van der Waals surface area (Å²) in [5, 5.41) is 4.34. The molecule has 0 spiro atoms. The Morgan fingerprint density at radius 1 is 1.44 bits per heavy atom. The second kappa shape index (κ2) is 3.26. The van der Waals surface area contributed by atoms with Crippen LogP contribution in [0.4, 0.5) is 0 Å². The molecule has 1 aliphatic rings. The van der Waals surface area contributed by atoms with Crippen LogP contribution >= 0.6 is 11.6 Å². The van der Waals surface area contributed by atoms with E-state index in [4.69, 9.17) is 21.9 Å². The highest BCUT2D eigenvalue weighted by Crippen LogP contribution is 2.42. The molecule has 0 aromatic carbocycles. The van der Waals surface area contributed by atoms with Crippen molar-refractivity contribution >= 4 is 11.6 Å². The van der Waals surface area contributed by atoms with E-state index in [1.807, 2.05) is 0 Å². The van der Waals surface area contributed by atoms with Crippen molar-refractivity contribution in [1.82, 2.24) is 15.1 Å². The molecule has 1 fully saturated rings. The van der Waals surface area contributed by atoms with Gasteiger partial charge in [-0.25, -0.2) is 0 Å². The third kappa shape index (κ3) is 1.48. The maximum atomic E-state index is 5.98. The molecule has 0 saturated heterocycles. The molecule has 2 aromatic rings. The highest BCUT2D eigenvalue weighted by molar-refractivity contribution is 6.32. The molecule has 16 heavy (non-hydrogen) atoms. The summed E-state index contributed by atoms with van der Waals surface area (Å²) in [6.45, 7) is 0. The zero-order chi connectivity index (χ0) is 11.2. The fourth-order valence-electron chi connectivity index (χ4n) is 1.42. The van der Waals surface area contributed by atoms with Crippen molar-refractivity contribution in [1.29, 1.82) is 0 Å². The van der Waals surface area contributed by atoms with Crippen LogP contribution in [0.2, 0.25) is 5.02 Å². The van der Waals surface area contributed by atoms with Gasteiger partial charge < -0.3 is 10.3 Å². The second-order valence-electron chi connectivity index (χ2n) is 3.91. The number of aromatic nitrogens is 3. The fraction of sp³-hybridized carbons (Fsp3) is 0.300. The molecule has 3 rings (SSSR count). The van der Waals surface area contributed by atoms with Crippen LogP contribution in [0.1, 0.15) is 18.7 Å². The minimum atomic E-state index is -0.424. The van der Waals surface area contributed by atoms with Crippen molar-refractivity contribution in [3.8, 4) is 11.5 Å². The number of rotatable bonds is 2. The average molecular weight is 237 g/mol. The number of hydrogen-bond acceptors (Lipinski definition) is 5. The lowest BCUT2D eigenvalue weighted by atomic mass is 10.3. The lowest BCUT2D eigenvalue weighted by Crippen LogP contribution is -2.18. The standard InChI is InChI=1S/C10H9ClN4O/c11-6-2-1-5-13-7(6)8-14-9(16-15-8)10(12)3-4-10/h1-2,5H,3-4,12H2. The first-order valence-electron chi connectivity index (χ1n) is 4.93. The van der Waals surface area contributed by atoms with Crippen LogP contribution in [0.5, 0.6) is 0 Å². The molecule has 1 aliphatic carbocycles. The van der Waals surface area contributed by atoms with Gasteiger partial charge in [-0.1, -0.05) is 16.8 Å². The van der Waals surface area contributed by atoms with Crippen molar-refractivity contribution in [2.75, 3.05) is 0 Å². The summed E-state index contributed by atoms with van der Waals surface area (Å²) in [6.07, 6.45) is 3.39. The maximum Gasteiger partial charge on any atom is 0.247 e. The third-order valence-corrected chi connectivity index (χ3v) is 2.92. The monoisotopic (exact) mass is 236 g/mol. The van der Waals surface area contributed by atoms with Crippen molar-refractivity contribution in [2.24, 2.45) is 5.73 Å². The van der Waals surface area contributed by atoms with Crippen LogP contribution in [-0.4, -0.2) is 15.1 Å². The first-order valence-corrected chi connectivity index (χ1v) is 5.31. The molecular weight excluding hydrogens is 228 g/mol. The van der Waals surface area contributed by atoms with Crippen molar-refractivity contribution in [3.05, 3.63) is 29.2 Å². The lowest BCUT2D eigenvalue weighted by molar-refractivity contribution is 0.348. The van der Waals surface area contributed by atoms with Crippen molar-refractivity contribution < 1.29 is 4.52 Å². The third-order valence-electron chi connectivity index (χ3n) is 2.61. The van der Waals surface area contributed by atoms with Crippen LogP contribution in [0.25, 0.3) is 11.5 Å². The highest BCUT2D eigenvalue weighted by atomic mass is 35.5. The minimum absolute atomic E-state index is 0.386. The van der Waals surface area contributed by atoms with Crippen LogP contribution in [0.3, 0.4) is 0 Å². The van der Waals surface area contributed by atoms with Gasteiger partial charge in [-0.15, -0.1) is 0 Å². The lowest BCUT2D eigenvalue weighted by Gasteiger charge is -1.98. The van der Waals surface area contributed by atoms with E-state index in [9.17, 15) is 0 Å². The quantitative estimate of drug-likeness (QED) is 0.859. The topological polar surface area (TPSA) is 77.8 Å². The minimum Gasteiger partial charge on any atom is -0.337 e. The Morgan fingerprint density at radius 3 is 2.94 bits per heavy atom. The summed E-state index contributed by atoms with van der Waals surface area (Å²) in [4.78, 5) is 8.33.